The molecule has 310 valence electrons. The van der Waals surface area contributed by atoms with Crippen LogP contribution in [0, 0.1) is 0 Å². The van der Waals surface area contributed by atoms with E-state index in [0.29, 0.717) is 6.42 Å². The Kier molecular flexibility index (Phi) is 41.7. The molecule has 0 rings (SSSR count). The molecule has 0 aliphatic carbocycles. The van der Waals surface area contributed by atoms with E-state index < -0.39 is 18.2 Å². The Morgan fingerprint density at radius 1 is 0.509 bits per heavy atom. The van der Waals surface area contributed by atoms with Crippen LogP contribution in [0.5, 0.6) is 0 Å². The first-order chi connectivity index (χ1) is 26.0. The van der Waals surface area contributed by atoms with Crippen molar-refractivity contribution in [2.45, 2.75) is 244 Å². The zero-order chi connectivity index (χ0) is 38.7. The van der Waals surface area contributed by atoms with Crippen molar-refractivity contribution in [3.05, 3.63) is 48.6 Å². The van der Waals surface area contributed by atoms with Crippen LogP contribution >= 0.6 is 0 Å². The molecule has 1 amide bonds. The second-order valence-electron chi connectivity index (χ2n) is 15.6. The summed E-state index contributed by atoms with van der Waals surface area (Å²) >= 11 is 0. The maximum atomic E-state index is 12.4. The van der Waals surface area contributed by atoms with E-state index in [0.717, 1.165) is 44.9 Å². The first-order valence-corrected chi connectivity index (χ1v) is 22.9. The lowest BCUT2D eigenvalue weighted by atomic mass is 10.0. The molecule has 0 aliphatic rings. The molecule has 3 unspecified atom stereocenters. The van der Waals surface area contributed by atoms with Gasteiger partial charge >= 0.3 is 0 Å². The number of hydrogen-bond acceptors (Lipinski definition) is 4. The van der Waals surface area contributed by atoms with Gasteiger partial charge in [0, 0.05) is 0 Å². The normalized spacial score (nSPS) is 14.0. The van der Waals surface area contributed by atoms with Gasteiger partial charge in [-0.3, -0.25) is 4.79 Å². The van der Waals surface area contributed by atoms with E-state index in [9.17, 15) is 20.1 Å². The van der Waals surface area contributed by atoms with Crippen LogP contribution in [-0.4, -0.2) is 46.1 Å². The predicted molar refractivity (Wildman–Crippen MR) is 231 cm³/mol. The first-order valence-electron chi connectivity index (χ1n) is 22.9. The zero-order valence-electron chi connectivity index (χ0n) is 35.1. The third-order valence-corrected chi connectivity index (χ3v) is 10.3. The van der Waals surface area contributed by atoms with Crippen molar-refractivity contribution in [3.8, 4) is 0 Å². The average molecular weight is 744 g/mol. The van der Waals surface area contributed by atoms with Crippen LogP contribution in [0.2, 0.25) is 0 Å². The minimum atomic E-state index is -0.952. The molecule has 5 nitrogen and oxygen atoms in total. The highest BCUT2D eigenvalue weighted by molar-refractivity contribution is 5.76. The molecule has 0 aromatic rings. The lowest BCUT2D eigenvalue weighted by Gasteiger charge is -2.21. The van der Waals surface area contributed by atoms with E-state index >= 15 is 0 Å². The second kappa shape index (κ2) is 43.0. The quantitative estimate of drug-likeness (QED) is 0.0371. The Morgan fingerprint density at radius 2 is 0.925 bits per heavy atom. The summed E-state index contributed by atoms with van der Waals surface area (Å²) in [4.78, 5) is 12.4. The Bertz CT molecular complexity index is 866. The standard InChI is InChI=1S/C48H89NO4/c1-3-5-7-9-11-13-15-17-19-21-23-25-27-29-31-33-35-37-39-41-45(51)43-48(53)49-46(44-50)47(52)42-40-38-36-34-32-30-28-26-24-22-20-18-16-14-12-10-8-6-4-2/h5,7,11,13,32,34,40,42,45-47,50-52H,3-4,6,8-10,12,14-31,33,35-39,41,43-44H2,1-2H3,(H,49,53)/b7-5-,13-11-,34-32+,42-40+. The van der Waals surface area contributed by atoms with Crippen LogP contribution in [0.25, 0.3) is 0 Å². The molecule has 0 aromatic carbocycles. The Morgan fingerprint density at radius 3 is 1.42 bits per heavy atom. The number of aliphatic hydroxyl groups is 3. The molecule has 0 spiro atoms. The van der Waals surface area contributed by atoms with Gasteiger partial charge in [0.15, 0.2) is 0 Å². The van der Waals surface area contributed by atoms with Gasteiger partial charge in [-0.2, -0.15) is 0 Å². The highest BCUT2D eigenvalue weighted by Gasteiger charge is 2.20. The van der Waals surface area contributed by atoms with Gasteiger partial charge in [-0.05, 0) is 57.8 Å². The van der Waals surface area contributed by atoms with Crippen LogP contribution in [0.3, 0.4) is 0 Å². The fourth-order valence-corrected chi connectivity index (χ4v) is 6.86. The van der Waals surface area contributed by atoms with Gasteiger partial charge < -0.3 is 20.6 Å². The Labute approximate surface area is 329 Å². The number of aliphatic hydroxyl groups excluding tert-OH is 3. The fraction of sp³-hybridized carbons (Fsp3) is 0.812. The van der Waals surface area contributed by atoms with Gasteiger partial charge in [-0.25, -0.2) is 0 Å². The summed E-state index contributed by atoms with van der Waals surface area (Å²) in [6, 6.07) is -0.762. The number of hydrogen-bond donors (Lipinski definition) is 4. The summed E-state index contributed by atoms with van der Waals surface area (Å²) in [5.41, 5.74) is 0. The summed E-state index contributed by atoms with van der Waals surface area (Å²) in [6.07, 6.45) is 55.4. The van der Waals surface area contributed by atoms with Crippen LogP contribution < -0.4 is 5.32 Å². The highest BCUT2D eigenvalue weighted by atomic mass is 16.3. The number of allylic oxidation sites excluding steroid dienone is 7. The molecule has 5 heteroatoms. The van der Waals surface area contributed by atoms with E-state index in [-0.39, 0.29) is 18.9 Å². The zero-order valence-corrected chi connectivity index (χ0v) is 35.1. The molecular weight excluding hydrogens is 655 g/mol. The molecule has 0 saturated carbocycles. The molecule has 53 heavy (non-hydrogen) atoms. The van der Waals surface area contributed by atoms with Gasteiger partial charge in [0.25, 0.3) is 0 Å². The van der Waals surface area contributed by atoms with Crippen molar-refractivity contribution >= 4 is 5.91 Å². The molecule has 0 radical (unpaired) electrons. The number of nitrogens with one attached hydrogen (secondary N) is 1. The van der Waals surface area contributed by atoms with Gasteiger partial charge in [-0.15, -0.1) is 0 Å². The maximum absolute atomic E-state index is 12.4. The fourth-order valence-electron chi connectivity index (χ4n) is 6.86. The van der Waals surface area contributed by atoms with Crippen LogP contribution in [0.15, 0.2) is 48.6 Å². The van der Waals surface area contributed by atoms with Crippen LogP contribution in [0.4, 0.5) is 0 Å². The van der Waals surface area contributed by atoms with Gasteiger partial charge in [0.1, 0.15) is 0 Å². The third-order valence-electron chi connectivity index (χ3n) is 10.3. The van der Waals surface area contributed by atoms with Gasteiger partial charge in [-0.1, -0.05) is 210 Å². The summed E-state index contributed by atoms with van der Waals surface area (Å²) in [7, 11) is 0. The monoisotopic (exact) mass is 744 g/mol. The maximum Gasteiger partial charge on any atom is 0.222 e. The van der Waals surface area contributed by atoms with Crippen LogP contribution in [0.1, 0.15) is 226 Å². The minimum absolute atomic E-state index is 0.00429. The number of amides is 1. The molecule has 0 aromatic heterocycles. The lowest BCUT2D eigenvalue weighted by Crippen LogP contribution is -2.45. The molecule has 0 bridgehead atoms. The molecule has 0 fully saturated rings. The number of carbonyl (C=O) groups excluding carboxylic acids is 1. The summed E-state index contributed by atoms with van der Waals surface area (Å²) in [6.45, 7) is 4.11. The smallest absolute Gasteiger partial charge is 0.222 e. The summed E-state index contributed by atoms with van der Waals surface area (Å²) in [5.74, 6) is -0.326. The Hall–Kier alpha value is -1.69. The second-order valence-corrected chi connectivity index (χ2v) is 15.6. The van der Waals surface area contributed by atoms with Crippen molar-refractivity contribution in [2.24, 2.45) is 0 Å². The van der Waals surface area contributed by atoms with Crippen molar-refractivity contribution in [3.63, 3.8) is 0 Å². The average Bonchev–Trinajstić information content (AvgIpc) is 3.15. The molecule has 0 aliphatic heterocycles. The SMILES string of the molecule is CC/C=C\C/C=C\CCCCCCCCCCCCCCC(O)CC(=O)NC(CO)C(O)/C=C/CC/C=C/CCCCCCCCCCCCCCC. The molecule has 0 heterocycles. The first kappa shape index (κ1) is 51.3. The number of carbonyl (C=O) groups is 1. The van der Waals surface area contributed by atoms with Crippen molar-refractivity contribution in [2.75, 3.05) is 6.61 Å². The summed E-state index contributed by atoms with van der Waals surface area (Å²) in [5, 5.41) is 33.3. The van der Waals surface area contributed by atoms with Crippen molar-refractivity contribution in [1.29, 1.82) is 0 Å². The van der Waals surface area contributed by atoms with Crippen LogP contribution in [-0.2, 0) is 4.79 Å². The summed E-state index contributed by atoms with van der Waals surface area (Å²) < 4.78 is 0. The topological polar surface area (TPSA) is 89.8 Å². The largest absolute Gasteiger partial charge is 0.394 e. The minimum Gasteiger partial charge on any atom is -0.394 e. The number of rotatable bonds is 41. The third kappa shape index (κ3) is 39.8. The van der Waals surface area contributed by atoms with Crippen molar-refractivity contribution in [1.82, 2.24) is 5.32 Å². The predicted octanol–water partition coefficient (Wildman–Crippen LogP) is 13.3. The molecule has 3 atom stereocenters. The number of unbranched alkanes of at least 4 members (excludes halogenated alkanes) is 26. The molecule has 4 N–H and O–H groups in total. The highest BCUT2D eigenvalue weighted by Crippen LogP contribution is 2.15. The van der Waals surface area contributed by atoms with E-state index in [1.165, 1.54) is 154 Å². The van der Waals surface area contributed by atoms with E-state index in [2.05, 4.69) is 55.6 Å². The Balaban J connectivity index is 3.69. The van der Waals surface area contributed by atoms with E-state index in [4.69, 9.17) is 0 Å². The van der Waals surface area contributed by atoms with Gasteiger partial charge in [0.05, 0.1) is 31.3 Å². The molecule has 0 saturated heterocycles. The molecular formula is C48H89NO4. The van der Waals surface area contributed by atoms with Gasteiger partial charge in [0.2, 0.25) is 5.91 Å². The van der Waals surface area contributed by atoms with E-state index in [1.54, 1.807) is 6.08 Å². The lowest BCUT2D eigenvalue weighted by molar-refractivity contribution is -0.124. The van der Waals surface area contributed by atoms with E-state index in [1.807, 2.05) is 6.08 Å². The van der Waals surface area contributed by atoms with Crippen molar-refractivity contribution < 1.29 is 20.1 Å².